The lowest BCUT2D eigenvalue weighted by Gasteiger charge is -2.23. The molecule has 29 heavy (non-hydrogen) atoms. The average Bonchev–Trinajstić information content (AvgIpc) is 3.22. The quantitative estimate of drug-likeness (QED) is 0.543. The van der Waals surface area contributed by atoms with Crippen LogP contribution in [0.25, 0.3) is 0 Å². The zero-order valence-electron chi connectivity index (χ0n) is 16.7. The molecule has 1 aromatic heterocycles. The number of ether oxygens (including phenoxy) is 1. The fourth-order valence-corrected chi connectivity index (χ4v) is 3.49. The van der Waals surface area contributed by atoms with Gasteiger partial charge in [-0.1, -0.05) is 6.07 Å². The van der Waals surface area contributed by atoms with Crippen LogP contribution in [-0.2, 0) is 9.53 Å². The molecule has 0 fully saturated rings. The molecule has 0 aliphatic heterocycles. The number of esters is 1. The van der Waals surface area contributed by atoms with Crippen molar-refractivity contribution < 1.29 is 19.1 Å². The van der Waals surface area contributed by atoms with Gasteiger partial charge in [-0.25, -0.2) is 4.79 Å². The standard InChI is InChI=1S/C20H26N4O4S/c1-24(2)16(17-5-4-12-29-17)13-22-20(27)23-15-8-6-14(7-9-15)19(26)21-11-10-18(25)28-3/h4-9,12,16H,10-11,13H2,1-3H3,(H,21,26)(H2,22,23,27). The van der Waals surface area contributed by atoms with Gasteiger partial charge in [0.15, 0.2) is 0 Å². The second kappa shape index (κ2) is 11.2. The monoisotopic (exact) mass is 418 g/mol. The Hall–Kier alpha value is -2.91. The smallest absolute Gasteiger partial charge is 0.319 e. The molecule has 0 saturated heterocycles. The van der Waals surface area contributed by atoms with Crippen molar-refractivity contribution in [3.05, 3.63) is 52.2 Å². The fourth-order valence-electron chi connectivity index (χ4n) is 2.57. The summed E-state index contributed by atoms with van der Waals surface area (Å²) in [5, 5.41) is 10.3. The van der Waals surface area contributed by atoms with Crippen LogP contribution in [0.2, 0.25) is 0 Å². The number of methoxy groups -OCH3 is 1. The third-order valence-corrected chi connectivity index (χ3v) is 5.17. The Labute approximate surface area is 174 Å². The zero-order valence-corrected chi connectivity index (χ0v) is 17.5. The summed E-state index contributed by atoms with van der Waals surface area (Å²) in [6, 6.07) is 10.3. The number of thiophene rings is 1. The van der Waals surface area contributed by atoms with E-state index in [-0.39, 0.29) is 36.9 Å². The topological polar surface area (TPSA) is 99.8 Å². The number of amides is 3. The minimum absolute atomic E-state index is 0.0943. The van der Waals surface area contributed by atoms with E-state index >= 15 is 0 Å². The van der Waals surface area contributed by atoms with E-state index < -0.39 is 0 Å². The van der Waals surface area contributed by atoms with Gasteiger partial charge in [-0.3, -0.25) is 9.59 Å². The molecule has 0 spiro atoms. The van der Waals surface area contributed by atoms with Crippen LogP contribution in [-0.4, -0.2) is 57.1 Å². The number of hydrogen-bond acceptors (Lipinski definition) is 6. The molecule has 1 atom stereocenters. The van der Waals surface area contributed by atoms with E-state index in [0.717, 1.165) is 0 Å². The number of likely N-dealkylation sites (N-methyl/N-ethyl adjacent to an activating group) is 1. The molecule has 0 aliphatic carbocycles. The minimum atomic E-state index is -0.383. The number of carbonyl (C=O) groups excluding carboxylic acids is 3. The highest BCUT2D eigenvalue weighted by atomic mass is 32.1. The van der Waals surface area contributed by atoms with Gasteiger partial charge in [0.25, 0.3) is 5.91 Å². The van der Waals surface area contributed by atoms with Gasteiger partial charge in [-0.05, 0) is 49.8 Å². The summed E-state index contributed by atoms with van der Waals surface area (Å²) in [4.78, 5) is 38.5. The van der Waals surface area contributed by atoms with Crippen LogP contribution in [0.15, 0.2) is 41.8 Å². The number of rotatable bonds is 9. The molecule has 3 N–H and O–H groups in total. The Balaban J connectivity index is 1.81. The maximum atomic E-state index is 12.2. The van der Waals surface area contributed by atoms with Crippen molar-refractivity contribution >= 4 is 34.9 Å². The van der Waals surface area contributed by atoms with Crippen LogP contribution in [0.1, 0.15) is 27.7 Å². The molecule has 9 heteroatoms. The Morgan fingerprint density at radius 2 is 1.83 bits per heavy atom. The first-order valence-electron chi connectivity index (χ1n) is 9.10. The molecule has 1 unspecified atom stereocenters. The zero-order chi connectivity index (χ0) is 21.2. The van der Waals surface area contributed by atoms with Gasteiger partial charge in [0.2, 0.25) is 0 Å². The van der Waals surface area contributed by atoms with Crippen LogP contribution in [0, 0.1) is 0 Å². The summed E-state index contributed by atoms with van der Waals surface area (Å²) >= 11 is 1.65. The Kier molecular flexibility index (Phi) is 8.63. The van der Waals surface area contributed by atoms with Crippen molar-refractivity contribution in [2.45, 2.75) is 12.5 Å². The summed E-state index contributed by atoms with van der Waals surface area (Å²) in [6.45, 7) is 0.672. The highest BCUT2D eigenvalue weighted by Gasteiger charge is 2.16. The Morgan fingerprint density at radius 3 is 2.41 bits per heavy atom. The van der Waals surface area contributed by atoms with E-state index in [0.29, 0.717) is 17.8 Å². The lowest BCUT2D eigenvalue weighted by molar-refractivity contribution is -0.140. The van der Waals surface area contributed by atoms with Gasteiger partial charge in [0.05, 0.1) is 19.6 Å². The number of anilines is 1. The highest BCUT2D eigenvalue weighted by Crippen LogP contribution is 2.22. The van der Waals surface area contributed by atoms with E-state index in [1.165, 1.54) is 12.0 Å². The molecule has 0 bridgehead atoms. The first-order chi connectivity index (χ1) is 13.9. The van der Waals surface area contributed by atoms with Crippen LogP contribution < -0.4 is 16.0 Å². The fraction of sp³-hybridized carbons (Fsp3) is 0.350. The van der Waals surface area contributed by atoms with E-state index in [2.05, 4.69) is 25.6 Å². The number of carbonyl (C=O) groups is 3. The summed E-state index contributed by atoms with van der Waals surface area (Å²) in [5.41, 5.74) is 1.01. The van der Waals surface area contributed by atoms with Crippen LogP contribution in [0.3, 0.4) is 0 Å². The van der Waals surface area contributed by atoms with Gasteiger partial charge in [0.1, 0.15) is 0 Å². The molecule has 8 nitrogen and oxygen atoms in total. The predicted molar refractivity (Wildman–Crippen MR) is 113 cm³/mol. The van der Waals surface area contributed by atoms with Crippen LogP contribution in [0.4, 0.5) is 10.5 Å². The van der Waals surface area contributed by atoms with Gasteiger partial charge in [-0.2, -0.15) is 0 Å². The third-order valence-electron chi connectivity index (χ3n) is 4.20. The van der Waals surface area contributed by atoms with Crippen molar-refractivity contribution in [3.63, 3.8) is 0 Å². The van der Waals surface area contributed by atoms with Crippen LogP contribution in [0.5, 0.6) is 0 Å². The lowest BCUT2D eigenvalue weighted by Crippen LogP contribution is -2.36. The van der Waals surface area contributed by atoms with Crippen molar-refractivity contribution in [1.29, 1.82) is 0 Å². The number of nitrogens with one attached hydrogen (secondary N) is 3. The summed E-state index contributed by atoms with van der Waals surface area (Å²) < 4.78 is 4.52. The SMILES string of the molecule is COC(=O)CCNC(=O)c1ccc(NC(=O)NCC(c2cccs2)N(C)C)cc1. The molecular formula is C20H26N4O4S. The first kappa shape index (κ1) is 22.4. The van der Waals surface area contributed by atoms with Crippen molar-refractivity contribution in [1.82, 2.24) is 15.5 Å². The van der Waals surface area contributed by atoms with Crippen molar-refractivity contribution in [2.75, 3.05) is 39.6 Å². The largest absolute Gasteiger partial charge is 0.469 e. The molecule has 2 aromatic rings. The normalized spacial score (nSPS) is 11.6. The average molecular weight is 419 g/mol. The van der Waals surface area contributed by atoms with Gasteiger partial charge in [-0.15, -0.1) is 11.3 Å². The molecule has 1 heterocycles. The number of benzene rings is 1. The second-order valence-electron chi connectivity index (χ2n) is 6.49. The molecule has 0 saturated carbocycles. The summed E-state index contributed by atoms with van der Waals surface area (Å²) in [5.74, 6) is -0.680. The van der Waals surface area contributed by atoms with E-state index in [1.807, 2.05) is 31.6 Å². The third kappa shape index (κ3) is 7.20. The van der Waals surface area contributed by atoms with Gasteiger partial charge < -0.3 is 25.6 Å². The van der Waals surface area contributed by atoms with Gasteiger partial charge >= 0.3 is 12.0 Å². The minimum Gasteiger partial charge on any atom is -0.469 e. The van der Waals surface area contributed by atoms with E-state index in [4.69, 9.17) is 0 Å². The summed E-state index contributed by atoms with van der Waals surface area (Å²) in [6.07, 6.45) is 0.113. The molecule has 2 rings (SSSR count). The summed E-state index contributed by atoms with van der Waals surface area (Å²) in [7, 11) is 5.24. The maximum Gasteiger partial charge on any atom is 0.319 e. The molecule has 0 radical (unpaired) electrons. The molecule has 1 aromatic carbocycles. The van der Waals surface area contributed by atoms with Crippen molar-refractivity contribution in [3.8, 4) is 0 Å². The first-order valence-corrected chi connectivity index (χ1v) is 9.98. The number of hydrogen-bond donors (Lipinski definition) is 3. The molecule has 156 valence electrons. The van der Waals surface area contributed by atoms with Gasteiger partial charge in [0, 0.05) is 29.2 Å². The molecule has 0 aliphatic rings. The van der Waals surface area contributed by atoms with E-state index in [1.54, 1.807) is 35.6 Å². The highest BCUT2D eigenvalue weighted by molar-refractivity contribution is 7.10. The number of urea groups is 1. The second-order valence-corrected chi connectivity index (χ2v) is 7.47. The number of nitrogens with zero attached hydrogens (tertiary/aromatic N) is 1. The molecule has 3 amide bonds. The van der Waals surface area contributed by atoms with Crippen LogP contribution >= 0.6 is 11.3 Å². The Morgan fingerprint density at radius 1 is 1.10 bits per heavy atom. The van der Waals surface area contributed by atoms with E-state index in [9.17, 15) is 14.4 Å². The molecular weight excluding hydrogens is 392 g/mol. The maximum absolute atomic E-state index is 12.2. The van der Waals surface area contributed by atoms with Crippen molar-refractivity contribution in [2.24, 2.45) is 0 Å². The predicted octanol–water partition coefficient (Wildman–Crippen LogP) is 2.47. The lowest BCUT2D eigenvalue weighted by atomic mass is 10.2. The Bertz CT molecular complexity index is 806.